The normalized spacial score (nSPS) is 27.3. The Morgan fingerprint density at radius 1 is 1.34 bits per heavy atom. The molecule has 2 aromatic heterocycles. The van der Waals surface area contributed by atoms with Gasteiger partial charge in [-0.15, -0.1) is 0 Å². The van der Waals surface area contributed by atoms with E-state index in [4.69, 9.17) is 20.3 Å². The zero-order valence-electron chi connectivity index (χ0n) is 14.3. The van der Waals surface area contributed by atoms with Crippen molar-refractivity contribution < 1.29 is 47.6 Å². The van der Waals surface area contributed by atoms with Gasteiger partial charge in [0.25, 0.3) is 5.56 Å². The van der Waals surface area contributed by atoms with Crippen LogP contribution in [-0.4, -0.2) is 69.8 Å². The molecule has 2 aromatic rings. The third-order valence-electron chi connectivity index (χ3n) is 4.07. The summed E-state index contributed by atoms with van der Waals surface area (Å²) in [5, 5.41) is 20.0. The molecule has 1 fully saturated rings. The van der Waals surface area contributed by atoms with Gasteiger partial charge in [-0.1, -0.05) is 0 Å². The van der Waals surface area contributed by atoms with Gasteiger partial charge in [0.2, 0.25) is 5.95 Å². The number of phosphoric acid groups is 2. The summed E-state index contributed by atoms with van der Waals surface area (Å²) in [6, 6.07) is 0. The van der Waals surface area contributed by atoms with Crippen molar-refractivity contribution in [2.45, 2.75) is 18.4 Å². The average Bonchev–Trinajstić information content (AvgIpc) is 3.11. The number of nitrogens with one attached hydrogen (secondary N) is 1. The van der Waals surface area contributed by atoms with Gasteiger partial charge in [0.15, 0.2) is 17.4 Å². The Morgan fingerprint density at radius 3 is 2.66 bits per heavy atom. The van der Waals surface area contributed by atoms with E-state index in [2.05, 4.69) is 23.8 Å². The molecule has 0 spiro atoms. The fourth-order valence-electron chi connectivity index (χ4n) is 2.87. The summed E-state index contributed by atoms with van der Waals surface area (Å²) in [7, 11) is -10.5. The first-order valence-corrected chi connectivity index (χ1v) is 10.9. The predicted octanol–water partition coefficient (Wildman–Crippen LogP) is -2.21. The van der Waals surface area contributed by atoms with Crippen molar-refractivity contribution in [3.63, 3.8) is 0 Å². The minimum atomic E-state index is -5.31. The number of H-pyrrole nitrogens is 1. The number of aromatic amines is 1. The van der Waals surface area contributed by atoms with Crippen molar-refractivity contribution in [1.29, 1.82) is 0 Å². The molecule has 1 aliphatic heterocycles. The van der Waals surface area contributed by atoms with Crippen LogP contribution in [0.5, 0.6) is 0 Å². The number of anilines is 1. The predicted molar refractivity (Wildman–Crippen MR) is 92.0 cm³/mol. The highest BCUT2D eigenvalue weighted by Crippen LogP contribution is 2.57. The van der Waals surface area contributed by atoms with Gasteiger partial charge in [0.05, 0.1) is 25.6 Å². The number of hydrogen-bond donors (Lipinski definition) is 7. The Labute approximate surface area is 160 Å². The molecule has 29 heavy (non-hydrogen) atoms. The summed E-state index contributed by atoms with van der Waals surface area (Å²) in [6.45, 7) is -1.40. The highest BCUT2D eigenvalue weighted by molar-refractivity contribution is 7.60. The summed E-state index contributed by atoms with van der Waals surface area (Å²) in [4.78, 5) is 48.5. The number of aliphatic hydroxyl groups is 2. The van der Waals surface area contributed by atoms with E-state index in [0.717, 1.165) is 6.33 Å². The van der Waals surface area contributed by atoms with Crippen molar-refractivity contribution in [2.75, 3.05) is 18.9 Å². The summed E-state index contributed by atoms with van der Waals surface area (Å²) >= 11 is 0. The lowest BCUT2D eigenvalue weighted by Gasteiger charge is -2.19. The molecule has 1 aliphatic rings. The molecule has 0 saturated carbocycles. The highest BCUT2D eigenvalue weighted by Gasteiger charge is 2.46. The van der Waals surface area contributed by atoms with Gasteiger partial charge in [-0.25, -0.2) is 14.1 Å². The van der Waals surface area contributed by atoms with Crippen LogP contribution in [0.3, 0.4) is 0 Å². The van der Waals surface area contributed by atoms with Crippen LogP contribution in [0.4, 0.5) is 5.95 Å². The van der Waals surface area contributed by atoms with E-state index < -0.39 is 58.8 Å². The smallest absolute Gasteiger partial charge is 0.396 e. The van der Waals surface area contributed by atoms with Crippen molar-refractivity contribution in [3.05, 3.63) is 16.7 Å². The van der Waals surface area contributed by atoms with Gasteiger partial charge in [-0.05, 0) is 0 Å². The second kappa shape index (κ2) is 7.85. The van der Waals surface area contributed by atoms with Crippen LogP contribution in [0.1, 0.15) is 6.23 Å². The number of aliphatic hydroxyl groups excluding tert-OH is 2. The second-order valence-electron chi connectivity index (χ2n) is 6.01. The SMILES string of the molecule is Nc1nc2c(ncn2[C@@H]2O[C@H](COP(=O)(O)OP(=O)(O)O)[C@@H](CO)[C@H]2O)c(=O)[nH]1. The van der Waals surface area contributed by atoms with Crippen molar-refractivity contribution in [2.24, 2.45) is 5.92 Å². The Bertz CT molecular complexity index is 1050. The van der Waals surface area contributed by atoms with Crippen LogP contribution >= 0.6 is 15.6 Å². The van der Waals surface area contributed by atoms with Gasteiger partial charge in [-0.3, -0.25) is 18.9 Å². The van der Waals surface area contributed by atoms with Crippen LogP contribution in [0.15, 0.2) is 11.1 Å². The molecule has 1 saturated heterocycles. The number of nitrogen functional groups attached to an aromatic ring is 1. The molecule has 16 nitrogen and oxygen atoms in total. The summed E-state index contributed by atoms with van der Waals surface area (Å²) in [5.41, 5.74) is 4.76. The van der Waals surface area contributed by atoms with E-state index in [0.29, 0.717) is 0 Å². The molecular formula is C11H17N5O11P2. The first kappa shape index (κ1) is 22.0. The molecular weight excluding hydrogens is 440 g/mol. The molecule has 8 N–H and O–H groups in total. The average molecular weight is 457 g/mol. The zero-order valence-corrected chi connectivity index (χ0v) is 16.1. The van der Waals surface area contributed by atoms with Crippen LogP contribution < -0.4 is 11.3 Å². The number of aromatic nitrogens is 4. The van der Waals surface area contributed by atoms with E-state index in [1.165, 1.54) is 4.57 Å². The number of fused-ring (bicyclic) bond motifs is 1. The highest BCUT2D eigenvalue weighted by atomic mass is 31.3. The summed E-state index contributed by atoms with van der Waals surface area (Å²) < 4.78 is 37.2. The Hall–Kier alpha value is -1.71. The maximum atomic E-state index is 11.9. The van der Waals surface area contributed by atoms with E-state index in [9.17, 15) is 29.0 Å². The zero-order chi connectivity index (χ0) is 21.6. The van der Waals surface area contributed by atoms with Gasteiger partial charge in [0, 0.05) is 5.92 Å². The quantitative estimate of drug-likeness (QED) is 0.218. The molecule has 0 radical (unpaired) electrons. The van der Waals surface area contributed by atoms with Gasteiger partial charge < -0.3 is 35.4 Å². The molecule has 0 aliphatic carbocycles. The monoisotopic (exact) mass is 457 g/mol. The second-order valence-corrected chi connectivity index (χ2v) is 8.84. The topological polar surface area (TPSA) is 253 Å². The van der Waals surface area contributed by atoms with Gasteiger partial charge in [-0.2, -0.15) is 9.29 Å². The number of rotatable bonds is 7. The lowest BCUT2D eigenvalue weighted by Crippen LogP contribution is -2.31. The van der Waals surface area contributed by atoms with Crippen LogP contribution in [-0.2, 0) is 22.7 Å². The number of nitrogens with two attached hydrogens (primary N) is 1. The van der Waals surface area contributed by atoms with Crippen LogP contribution in [0.2, 0.25) is 0 Å². The number of nitrogens with zero attached hydrogens (tertiary/aromatic N) is 3. The molecule has 0 bridgehead atoms. The molecule has 3 heterocycles. The fraction of sp³-hybridized carbons (Fsp3) is 0.545. The maximum Gasteiger partial charge on any atom is 0.481 e. The Morgan fingerprint density at radius 2 is 2.03 bits per heavy atom. The number of phosphoric ester groups is 1. The van der Waals surface area contributed by atoms with E-state index in [1.54, 1.807) is 0 Å². The minimum Gasteiger partial charge on any atom is -0.396 e. The number of hydrogen-bond acceptors (Lipinski definition) is 11. The Balaban J connectivity index is 1.83. The maximum absolute atomic E-state index is 11.9. The van der Waals surface area contributed by atoms with E-state index in [-0.39, 0.29) is 17.1 Å². The van der Waals surface area contributed by atoms with Crippen molar-refractivity contribution in [1.82, 2.24) is 19.5 Å². The lowest BCUT2D eigenvalue weighted by molar-refractivity contribution is -0.0490. The number of ether oxygens (including phenoxy) is 1. The first-order valence-electron chi connectivity index (χ1n) is 7.83. The molecule has 5 atom stereocenters. The molecule has 3 rings (SSSR count). The molecule has 1 unspecified atom stereocenters. The third-order valence-corrected chi connectivity index (χ3v) is 6.22. The van der Waals surface area contributed by atoms with Crippen LogP contribution in [0.25, 0.3) is 11.2 Å². The molecule has 0 aromatic carbocycles. The molecule has 0 amide bonds. The van der Waals surface area contributed by atoms with Crippen LogP contribution in [0, 0.1) is 5.92 Å². The lowest BCUT2D eigenvalue weighted by atomic mass is 9.99. The van der Waals surface area contributed by atoms with E-state index >= 15 is 0 Å². The first-order chi connectivity index (χ1) is 13.4. The minimum absolute atomic E-state index is 0.0220. The molecule has 18 heteroatoms. The van der Waals surface area contributed by atoms with Gasteiger partial charge in [0.1, 0.15) is 6.10 Å². The molecule has 162 valence electrons. The number of imidazole rings is 1. The standard InChI is InChI=1S/C11H17N5O11P2/c12-11-14-8-6(9(19)15-11)13-3-16(8)10-7(18)4(1-17)5(26-10)2-25-29(23,24)27-28(20,21)22/h3-5,7,10,17-18H,1-2H2,(H,23,24)(H2,20,21,22)(H3,12,14,15,19)/t4-,5-,7-,10-/m1/s1. The fourth-order valence-corrected chi connectivity index (χ4v) is 4.46. The van der Waals surface area contributed by atoms with Crippen molar-refractivity contribution >= 4 is 32.8 Å². The Kier molecular flexibility index (Phi) is 5.95. The van der Waals surface area contributed by atoms with Gasteiger partial charge >= 0.3 is 15.6 Å². The summed E-state index contributed by atoms with van der Waals surface area (Å²) in [5.74, 6) is -1.25. The van der Waals surface area contributed by atoms with E-state index in [1.807, 2.05) is 0 Å². The third kappa shape index (κ3) is 4.73. The summed E-state index contributed by atoms with van der Waals surface area (Å²) in [6.07, 6.45) is -2.68. The van der Waals surface area contributed by atoms with Crippen molar-refractivity contribution in [3.8, 4) is 0 Å². The largest absolute Gasteiger partial charge is 0.481 e.